The van der Waals surface area contributed by atoms with Crippen molar-refractivity contribution >= 4 is 35.8 Å². The highest BCUT2D eigenvalue weighted by Crippen LogP contribution is 1.93. The largest absolute Gasteiger partial charge is 0.356 e. The molecule has 0 aliphatic carbocycles. The summed E-state index contributed by atoms with van der Waals surface area (Å²) in [7, 11) is 3.79. The second-order valence-electron chi connectivity index (χ2n) is 4.88. The Bertz CT molecular complexity index is 284. The van der Waals surface area contributed by atoms with E-state index in [1.165, 1.54) is 6.42 Å². The van der Waals surface area contributed by atoms with Gasteiger partial charge in [0, 0.05) is 39.6 Å². The molecular formula is C14H31IN4O. The molecular weight excluding hydrogens is 367 g/mol. The van der Waals surface area contributed by atoms with Crippen LogP contribution in [0.2, 0.25) is 0 Å². The third kappa shape index (κ3) is 10.3. The maximum atomic E-state index is 11.6. The first-order valence-electron chi connectivity index (χ1n) is 7.26. The van der Waals surface area contributed by atoms with Crippen LogP contribution < -0.4 is 10.6 Å². The second-order valence-corrected chi connectivity index (χ2v) is 4.88. The summed E-state index contributed by atoms with van der Waals surface area (Å²) in [6.07, 6.45) is 3.75. The van der Waals surface area contributed by atoms with Crippen LogP contribution in [0.3, 0.4) is 0 Å². The summed E-state index contributed by atoms with van der Waals surface area (Å²) in [6.45, 7) is 7.85. The summed E-state index contributed by atoms with van der Waals surface area (Å²) >= 11 is 0. The number of nitrogens with zero attached hydrogens (tertiary/aromatic N) is 2. The van der Waals surface area contributed by atoms with Gasteiger partial charge in [-0.25, -0.2) is 0 Å². The van der Waals surface area contributed by atoms with Crippen LogP contribution in [0, 0.1) is 0 Å². The molecule has 0 fully saturated rings. The lowest BCUT2D eigenvalue weighted by Crippen LogP contribution is -2.41. The molecule has 0 spiro atoms. The number of halogens is 1. The lowest BCUT2D eigenvalue weighted by Gasteiger charge is -2.21. The number of nitrogens with one attached hydrogen (secondary N) is 2. The summed E-state index contributed by atoms with van der Waals surface area (Å²) in [5.41, 5.74) is 0. The van der Waals surface area contributed by atoms with Crippen LogP contribution in [0.15, 0.2) is 4.99 Å². The van der Waals surface area contributed by atoms with Gasteiger partial charge in [-0.1, -0.05) is 20.3 Å². The molecule has 0 saturated heterocycles. The van der Waals surface area contributed by atoms with Crippen molar-refractivity contribution in [3.8, 4) is 0 Å². The summed E-state index contributed by atoms with van der Waals surface area (Å²) in [6, 6.07) is 0.249. The van der Waals surface area contributed by atoms with Gasteiger partial charge in [0.05, 0.1) is 0 Å². The molecule has 120 valence electrons. The van der Waals surface area contributed by atoms with Crippen LogP contribution in [-0.4, -0.2) is 50.0 Å². The SMILES string of the molecule is CCCCN(C)C(=NC)NCCC(=O)NC(C)CC.I. The van der Waals surface area contributed by atoms with Gasteiger partial charge in [-0.05, 0) is 19.8 Å². The molecule has 0 bridgehead atoms. The van der Waals surface area contributed by atoms with Crippen molar-refractivity contribution < 1.29 is 4.79 Å². The third-order valence-corrected chi connectivity index (χ3v) is 3.08. The quantitative estimate of drug-likeness (QED) is 0.375. The van der Waals surface area contributed by atoms with E-state index >= 15 is 0 Å². The first-order valence-corrected chi connectivity index (χ1v) is 7.26. The first kappa shape index (κ1) is 21.8. The lowest BCUT2D eigenvalue weighted by atomic mass is 10.2. The minimum absolute atomic E-state index is 0. The van der Waals surface area contributed by atoms with E-state index in [4.69, 9.17) is 0 Å². The Kier molecular flexibility index (Phi) is 14.6. The van der Waals surface area contributed by atoms with Crippen LogP contribution in [0.1, 0.15) is 46.5 Å². The van der Waals surface area contributed by atoms with E-state index in [1.54, 1.807) is 7.05 Å². The van der Waals surface area contributed by atoms with E-state index in [2.05, 4.69) is 34.4 Å². The number of guanidine groups is 1. The van der Waals surface area contributed by atoms with E-state index in [1.807, 2.05) is 14.0 Å². The van der Waals surface area contributed by atoms with E-state index in [0.29, 0.717) is 13.0 Å². The van der Waals surface area contributed by atoms with Crippen molar-refractivity contribution in [1.82, 2.24) is 15.5 Å². The van der Waals surface area contributed by atoms with Gasteiger partial charge in [-0.3, -0.25) is 9.79 Å². The highest BCUT2D eigenvalue weighted by atomic mass is 127. The minimum atomic E-state index is 0. The molecule has 0 rings (SSSR count). The Morgan fingerprint density at radius 2 is 2.00 bits per heavy atom. The highest BCUT2D eigenvalue weighted by Gasteiger charge is 2.07. The Labute approximate surface area is 141 Å². The third-order valence-electron chi connectivity index (χ3n) is 3.08. The van der Waals surface area contributed by atoms with Crippen LogP contribution >= 0.6 is 24.0 Å². The molecule has 1 atom stereocenters. The number of hydrogen-bond donors (Lipinski definition) is 2. The topological polar surface area (TPSA) is 56.7 Å². The molecule has 2 N–H and O–H groups in total. The van der Waals surface area contributed by atoms with Crippen molar-refractivity contribution in [2.75, 3.05) is 27.2 Å². The number of rotatable bonds is 8. The molecule has 1 amide bonds. The fourth-order valence-electron chi connectivity index (χ4n) is 1.62. The van der Waals surface area contributed by atoms with Crippen LogP contribution in [-0.2, 0) is 4.79 Å². The van der Waals surface area contributed by atoms with Crippen molar-refractivity contribution in [2.24, 2.45) is 4.99 Å². The standard InChI is InChI=1S/C14H30N4O.HI/c1-6-8-11-18(5)14(15-4)16-10-9-13(19)17-12(3)7-2;/h12H,6-11H2,1-5H3,(H,15,16)(H,17,19);1H. The van der Waals surface area contributed by atoms with Gasteiger partial charge in [0.25, 0.3) is 0 Å². The lowest BCUT2D eigenvalue weighted by molar-refractivity contribution is -0.121. The van der Waals surface area contributed by atoms with Gasteiger partial charge in [0.2, 0.25) is 5.91 Å². The van der Waals surface area contributed by atoms with Crippen LogP contribution in [0.5, 0.6) is 0 Å². The van der Waals surface area contributed by atoms with Crippen LogP contribution in [0.4, 0.5) is 0 Å². The zero-order valence-corrected chi connectivity index (χ0v) is 15.9. The maximum Gasteiger partial charge on any atom is 0.221 e. The van der Waals surface area contributed by atoms with Crippen molar-refractivity contribution in [1.29, 1.82) is 0 Å². The molecule has 6 heteroatoms. The average Bonchev–Trinajstić information content (AvgIpc) is 2.40. The average molecular weight is 398 g/mol. The van der Waals surface area contributed by atoms with Crippen LogP contribution in [0.25, 0.3) is 0 Å². The van der Waals surface area contributed by atoms with Gasteiger partial charge >= 0.3 is 0 Å². The molecule has 0 aromatic carbocycles. The fourth-order valence-corrected chi connectivity index (χ4v) is 1.62. The maximum absolute atomic E-state index is 11.6. The van der Waals surface area contributed by atoms with Gasteiger partial charge < -0.3 is 15.5 Å². The van der Waals surface area contributed by atoms with Gasteiger partial charge in [0.15, 0.2) is 5.96 Å². The smallest absolute Gasteiger partial charge is 0.221 e. The molecule has 0 radical (unpaired) electrons. The summed E-state index contributed by atoms with van der Waals surface area (Å²) in [5, 5.41) is 6.17. The zero-order chi connectivity index (χ0) is 14.7. The fraction of sp³-hybridized carbons (Fsp3) is 0.857. The van der Waals surface area contributed by atoms with E-state index in [-0.39, 0.29) is 35.9 Å². The molecule has 0 heterocycles. The number of carbonyl (C=O) groups excluding carboxylic acids is 1. The number of aliphatic imine (C=N–C) groups is 1. The van der Waals surface area contributed by atoms with Crippen molar-refractivity contribution in [2.45, 2.75) is 52.5 Å². The van der Waals surface area contributed by atoms with E-state index < -0.39 is 0 Å². The first-order chi connectivity index (χ1) is 9.04. The Balaban J connectivity index is 0. The molecule has 20 heavy (non-hydrogen) atoms. The number of carbonyl (C=O) groups is 1. The Morgan fingerprint density at radius 3 is 2.50 bits per heavy atom. The molecule has 5 nitrogen and oxygen atoms in total. The monoisotopic (exact) mass is 398 g/mol. The van der Waals surface area contributed by atoms with Crippen molar-refractivity contribution in [3.63, 3.8) is 0 Å². The normalized spacial score (nSPS) is 12.3. The molecule has 0 aliphatic heterocycles. The predicted molar refractivity (Wildman–Crippen MR) is 96.8 cm³/mol. The molecule has 0 aliphatic rings. The zero-order valence-electron chi connectivity index (χ0n) is 13.5. The van der Waals surface area contributed by atoms with Crippen molar-refractivity contribution in [3.05, 3.63) is 0 Å². The summed E-state index contributed by atoms with van der Waals surface area (Å²) < 4.78 is 0. The predicted octanol–water partition coefficient (Wildman–Crippen LogP) is 2.22. The summed E-state index contributed by atoms with van der Waals surface area (Å²) in [5.74, 6) is 0.943. The molecule has 1 unspecified atom stereocenters. The van der Waals surface area contributed by atoms with E-state index in [9.17, 15) is 4.79 Å². The number of amides is 1. The van der Waals surface area contributed by atoms with Gasteiger partial charge in [-0.2, -0.15) is 0 Å². The Hall–Kier alpha value is -0.530. The Morgan fingerprint density at radius 1 is 1.35 bits per heavy atom. The molecule has 0 saturated carbocycles. The minimum Gasteiger partial charge on any atom is -0.356 e. The highest BCUT2D eigenvalue weighted by molar-refractivity contribution is 14.0. The van der Waals surface area contributed by atoms with E-state index in [0.717, 1.165) is 25.3 Å². The summed E-state index contributed by atoms with van der Waals surface area (Å²) in [4.78, 5) is 17.9. The molecule has 0 aromatic heterocycles. The number of hydrogen-bond acceptors (Lipinski definition) is 2. The van der Waals surface area contributed by atoms with Gasteiger partial charge in [0.1, 0.15) is 0 Å². The van der Waals surface area contributed by atoms with Gasteiger partial charge in [-0.15, -0.1) is 24.0 Å². The number of unbranched alkanes of at least 4 members (excludes halogenated alkanes) is 1. The molecule has 0 aromatic rings. The second kappa shape index (κ2) is 13.5.